The molecule has 4 rings (SSSR count). The number of nitrogens with zero attached hydrogens (tertiary/aromatic N) is 3. The highest BCUT2D eigenvalue weighted by Crippen LogP contribution is 2.42. The van der Waals surface area contributed by atoms with Crippen molar-refractivity contribution in [2.75, 3.05) is 58.9 Å². The molecule has 0 atom stereocenters. The molecule has 11 nitrogen and oxygen atoms in total. The van der Waals surface area contributed by atoms with E-state index in [-0.39, 0.29) is 17.5 Å². The number of halogens is 1. The van der Waals surface area contributed by atoms with Gasteiger partial charge in [-0.15, -0.1) is 0 Å². The molecule has 214 valence electrons. The van der Waals surface area contributed by atoms with Gasteiger partial charge in [0, 0.05) is 25.2 Å². The topological polar surface area (TPSA) is 125 Å². The van der Waals surface area contributed by atoms with Crippen LogP contribution in [0.3, 0.4) is 0 Å². The predicted octanol–water partition coefficient (Wildman–Crippen LogP) is 4.19. The van der Waals surface area contributed by atoms with E-state index in [2.05, 4.69) is 5.32 Å². The van der Waals surface area contributed by atoms with Gasteiger partial charge in [-0.1, -0.05) is 17.7 Å². The number of aliphatic hydroxyl groups is 1. The molecule has 2 heterocycles. The quantitative estimate of drug-likeness (QED) is 0.340. The van der Waals surface area contributed by atoms with Crippen molar-refractivity contribution in [1.29, 1.82) is 0 Å². The summed E-state index contributed by atoms with van der Waals surface area (Å²) in [6, 6.07) is 8.84. The van der Waals surface area contributed by atoms with Gasteiger partial charge in [0.15, 0.2) is 11.5 Å². The third-order valence-corrected chi connectivity index (χ3v) is 6.94. The number of piperidine rings is 1. The van der Waals surface area contributed by atoms with Crippen molar-refractivity contribution in [2.45, 2.75) is 25.5 Å². The molecule has 2 aromatic carbocycles. The second-order valence-corrected chi connectivity index (χ2v) is 9.45. The van der Waals surface area contributed by atoms with Crippen LogP contribution in [0.25, 0.3) is 11.3 Å². The molecule has 1 aromatic heterocycles. The number of anilines is 2. The van der Waals surface area contributed by atoms with Crippen molar-refractivity contribution in [3.05, 3.63) is 46.5 Å². The number of carbonyl (C=O) groups excluding carboxylic acids is 1. The number of esters is 1. The van der Waals surface area contributed by atoms with E-state index >= 15 is 0 Å². The number of rotatable bonds is 10. The lowest BCUT2D eigenvalue weighted by molar-refractivity contribution is 0.0602. The zero-order valence-corrected chi connectivity index (χ0v) is 23.9. The lowest BCUT2D eigenvalue weighted by Gasteiger charge is -2.30. The van der Waals surface area contributed by atoms with Gasteiger partial charge in [-0.05, 0) is 42.7 Å². The van der Waals surface area contributed by atoms with Crippen molar-refractivity contribution < 1.29 is 33.6 Å². The fourth-order valence-electron chi connectivity index (χ4n) is 4.51. The van der Waals surface area contributed by atoms with Crippen LogP contribution in [0.4, 0.5) is 11.8 Å². The normalized spacial score (nSPS) is 13.5. The molecule has 0 bridgehead atoms. The predicted molar refractivity (Wildman–Crippen MR) is 151 cm³/mol. The Morgan fingerprint density at radius 1 is 0.975 bits per heavy atom. The standard InChI is InChI=1S/C28H33ClN4O7/c1-36-20-7-6-16(12-19(20)29)15-30-26-23(27(35)40-5)24(31-28(32-26)33-10-8-18(34)9-11-33)17-13-21(37-2)25(39-4)22(14-17)38-3/h6-7,12-14,18,34H,8-11,15H2,1-5H3,(H,30,31,32). The van der Waals surface area contributed by atoms with Crippen molar-refractivity contribution in [1.82, 2.24) is 9.97 Å². The van der Waals surface area contributed by atoms with Gasteiger partial charge in [-0.25, -0.2) is 9.78 Å². The van der Waals surface area contributed by atoms with E-state index in [0.29, 0.717) is 77.7 Å². The summed E-state index contributed by atoms with van der Waals surface area (Å²) in [7, 11) is 7.39. The molecule has 1 aliphatic rings. The van der Waals surface area contributed by atoms with Gasteiger partial charge in [0.2, 0.25) is 11.7 Å². The number of aliphatic hydroxyl groups excluding tert-OH is 1. The largest absolute Gasteiger partial charge is 0.495 e. The second-order valence-electron chi connectivity index (χ2n) is 9.04. The number of methoxy groups -OCH3 is 5. The molecule has 2 N–H and O–H groups in total. The van der Waals surface area contributed by atoms with Gasteiger partial charge in [0.1, 0.15) is 17.1 Å². The summed E-state index contributed by atoms with van der Waals surface area (Å²) in [6.07, 6.45) is 0.779. The molecule has 3 aromatic rings. The number of ether oxygens (including phenoxy) is 5. The first-order valence-electron chi connectivity index (χ1n) is 12.6. The first kappa shape index (κ1) is 29.0. The molecule has 0 amide bonds. The summed E-state index contributed by atoms with van der Waals surface area (Å²) in [5.41, 5.74) is 1.83. The first-order chi connectivity index (χ1) is 19.3. The van der Waals surface area contributed by atoms with E-state index in [1.165, 1.54) is 28.4 Å². The van der Waals surface area contributed by atoms with Crippen LogP contribution in [0.1, 0.15) is 28.8 Å². The second kappa shape index (κ2) is 12.9. The van der Waals surface area contributed by atoms with Crippen LogP contribution in [0.15, 0.2) is 30.3 Å². The molecule has 0 aliphatic carbocycles. The number of benzene rings is 2. The Labute approximate surface area is 237 Å². The van der Waals surface area contributed by atoms with Crippen LogP contribution in [0, 0.1) is 0 Å². The molecule has 0 unspecified atom stereocenters. The summed E-state index contributed by atoms with van der Waals surface area (Å²) >= 11 is 6.33. The fraction of sp³-hybridized carbons (Fsp3) is 0.393. The summed E-state index contributed by atoms with van der Waals surface area (Å²) in [4.78, 5) is 24.8. The average Bonchev–Trinajstić information content (AvgIpc) is 2.98. The molecule has 12 heteroatoms. The van der Waals surface area contributed by atoms with E-state index in [1.54, 1.807) is 31.4 Å². The third-order valence-electron chi connectivity index (χ3n) is 6.65. The van der Waals surface area contributed by atoms with Crippen molar-refractivity contribution in [3.8, 4) is 34.3 Å². The average molecular weight is 573 g/mol. The molecule has 1 fully saturated rings. The summed E-state index contributed by atoms with van der Waals surface area (Å²) < 4.78 is 27.0. The van der Waals surface area contributed by atoms with E-state index in [9.17, 15) is 9.90 Å². The Morgan fingerprint density at radius 2 is 1.62 bits per heavy atom. The minimum atomic E-state index is -0.625. The molecule has 40 heavy (non-hydrogen) atoms. The molecule has 0 radical (unpaired) electrons. The Kier molecular flexibility index (Phi) is 9.38. The minimum Gasteiger partial charge on any atom is -0.495 e. The van der Waals surface area contributed by atoms with Crippen molar-refractivity contribution in [3.63, 3.8) is 0 Å². The van der Waals surface area contributed by atoms with E-state index < -0.39 is 5.97 Å². The molecule has 1 aliphatic heterocycles. The molecule has 1 saturated heterocycles. The van der Waals surface area contributed by atoms with Gasteiger partial charge >= 0.3 is 5.97 Å². The number of aromatic nitrogens is 2. The number of nitrogens with one attached hydrogen (secondary N) is 1. The first-order valence-corrected chi connectivity index (χ1v) is 13.0. The molecule has 0 saturated carbocycles. The van der Waals surface area contributed by atoms with E-state index in [4.69, 9.17) is 45.3 Å². The van der Waals surface area contributed by atoms with Gasteiger partial charge in [-0.2, -0.15) is 4.98 Å². The Bertz CT molecular complexity index is 1340. The van der Waals surface area contributed by atoms with Gasteiger partial charge < -0.3 is 39.0 Å². The number of hydrogen-bond donors (Lipinski definition) is 2. The molecular formula is C28H33ClN4O7. The Hall–Kier alpha value is -3.96. The number of hydrogen-bond acceptors (Lipinski definition) is 11. The number of carbonyl (C=O) groups is 1. The van der Waals surface area contributed by atoms with Crippen LogP contribution in [0.2, 0.25) is 5.02 Å². The fourth-order valence-corrected chi connectivity index (χ4v) is 4.79. The summed E-state index contributed by atoms with van der Waals surface area (Å²) in [6.45, 7) is 1.42. The maximum atomic E-state index is 13.2. The van der Waals surface area contributed by atoms with Crippen LogP contribution < -0.4 is 29.2 Å². The van der Waals surface area contributed by atoms with Gasteiger partial charge in [0.05, 0.1) is 52.4 Å². The van der Waals surface area contributed by atoms with Crippen molar-refractivity contribution in [2.24, 2.45) is 0 Å². The highest BCUT2D eigenvalue weighted by atomic mass is 35.5. The van der Waals surface area contributed by atoms with E-state index in [0.717, 1.165) is 5.56 Å². The van der Waals surface area contributed by atoms with Crippen LogP contribution >= 0.6 is 11.6 Å². The smallest absolute Gasteiger partial charge is 0.343 e. The Morgan fingerprint density at radius 3 is 2.17 bits per heavy atom. The Balaban J connectivity index is 1.87. The van der Waals surface area contributed by atoms with Crippen LogP contribution in [0.5, 0.6) is 23.0 Å². The maximum Gasteiger partial charge on any atom is 0.343 e. The summed E-state index contributed by atoms with van der Waals surface area (Å²) in [5.74, 6) is 1.81. The maximum absolute atomic E-state index is 13.2. The van der Waals surface area contributed by atoms with Crippen LogP contribution in [-0.2, 0) is 11.3 Å². The highest BCUT2D eigenvalue weighted by molar-refractivity contribution is 6.32. The summed E-state index contributed by atoms with van der Waals surface area (Å²) in [5, 5.41) is 13.8. The zero-order valence-electron chi connectivity index (χ0n) is 23.1. The SMILES string of the molecule is COC(=O)c1c(NCc2ccc(OC)c(Cl)c2)nc(N2CCC(O)CC2)nc1-c1cc(OC)c(OC)c(OC)c1. The molecule has 0 spiro atoms. The third kappa shape index (κ3) is 6.10. The van der Waals surface area contributed by atoms with Gasteiger partial charge in [0.25, 0.3) is 0 Å². The monoisotopic (exact) mass is 572 g/mol. The lowest BCUT2D eigenvalue weighted by Crippen LogP contribution is -2.37. The van der Waals surface area contributed by atoms with Crippen molar-refractivity contribution >= 4 is 29.3 Å². The highest BCUT2D eigenvalue weighted by Gasteiger charge is 2.28. The van der Waals surface area contributed by atoms with Gasteiger partial charge in [-0.3, -0.25) is 0 Å². The molecular weight excluding hydrogens is 540 g/mol. The minimum absolute atomic E-state index is 0.136. The lowest BCUT2D eigenvalue weighted by atomic mass is 10.0. The van der Waals surface area contributed by atoms with Crippen LogP contribution in [-0.4, -0.2) is 75.8 Å². The van der Waals surface area contributed by atoms with E-state index in [1.807, 2.05) is 11.0 Å². The zero-order chi connectivity index (χ0) is 28.8.